The summed E-state index contributed by atoms with van der Waals surface area (Å²) in [4.78, 5) is 12.0. The maximum atomic E-state index is 13.5. The molecule has 2 aromatic rings. The second-order valence-electron chi connectivity index (χ2n) is 4.61. The van der Waals surface area contributed by atoms with Crippen LogP contribution in [0.25, 0.3) is 0 Å². The van der Waals surface area contributed by atoms with Gasteiger partial charge in [0, 0.05) is 0 Å². The van der Waals surface area contributed by atoms with Gasteiger partial charge in [-0.15, -0.1) is 0 Å². The molecule has 1 amide bonds. The van der Waals surface area contributed by atoms with Crippen molar-refractivity contribution < 1.29 is 18.3 Å². The van der Waals surface area contributed by atoms with Gasteiger partial charge in [0.05, 0.1) is 0 Å². The van der Waals surface area contributed by atoms with Crippen LogP contribution in [0.15, 0.2) is 42.5 Å². The summed E-state index contributed by atoms with van der Waals surface area (Å²) in [7, 11) is 0. The van der Waals surface area contributed by atoms with Crippen molar-refractivity contribution >= 4 is 11.6 Å². The fourth-order valence-corrected chi connectivity index (χ4v) is 1.77. The van der Waals surface area contributed by atoms with Crippen molar-refractivity contribution in [2.24, 2.45) is 0 Å². The molecule has 3 nitrogen and oxygen atoms in total. The van der Waals surface area contributed by atoms with E-state index in [1.807, 2.05) is 19.1 Å². The molecule has 1 atom stereocenters. The number of anilines is 1. The van der Waals surface area contributed by atoms with Gasteiger partial charge in [0.15, 0.2) is 6.10 Å². The fourth-order valence-electron chi connectivity index (χ4n) is 1.77. The highest BCUT2D eigenvalue weighted by atomic mass is 19.1. The molecule has 0 heterocycles. The number of aryl methyl sites for hydroxylation is 1. The second kappa shape index (κ2) is 6.35. The highest BCUT2D eigenvalue weighted by molar-refractivity contribution is 5.94. The summed E-state index contributed by atoms with van der Waals surface area (Å²) in [6.07, 6.45) is -0.884. The first kappa shape index (κ1) is 15.0. The van der Waals surface area contributed by atoms with E-state index < -0.39 is 29.3 Å². The Morgan fingerprint density at radius 3 is 2.33 bits per heavy atom. The number of benzene rings is 2. The van der Waals surface area contributed by atoms with Crippen LogP contribution in [0, 0.1) is 18.6 Å². The summed E-state index contributed by atoms with van der Waals surface area (Å²) in [6, 6.07) is 10.6. The van der Waals surface area contributed by atoms with Gasteiger partial charge < -0.3 is 10.1 Å². The number of carbonyl (C=O) groups excluding carboxylic acids is 1. The minimum absolute atomic E-state index is 0.470. The summed E-state index contributed by atoms with van der Waals surface area (Å²) in [5.74, 6) is -1.73. The smallest absolute Gasteiger partial charge is 0.265 e. The van der Waals surface area contributed by atoms with Gasteiger partial charge in [0.25, 0.3) is 5.91 Å². The van der Waals surface area contributed by atoms with Crippen LogP contribution in [0.3, 0.4) is 0 Å². The molecule has 0 saturated carbocycles. The first-order valence-electron chi connectivity index (χ1n) is 6.46. The predicted molar refractivity (Wildman–Crippen MR) is 76.3 cm³/mol. The monoisotopic (exact) mass is 291 g/mol. The molecule has 0 radical (unpaired) electrons. The third-order valence-corrected chi connectivity index (χ3v) is 2.98. The highest BCUT2D eigenvalue weighted by Gasteiger charge is 2.19. The van der Waals surface area contributed by atoms with Gasteiger partial charge in [-0.3, -0.25) is 4.79 Å². The van der Waals surface area contributed by atoms with Gasteiger partial charge in [0.1, 0.15) is 23.1 Å². The number of carbonyl (C=O) groups is 1. The maximum Gasteiger partial charge on any atom is 0.265 e. The number of rotatable bonds is 4. The molecule has 1 N–H and O–H groups in total. The average Bonchev–Trinajstić information content (AvgIpc) is 2.45. The number of para-hydroxylation sites is 2. The van der Waals surface area contributed by atoms with E-state index in [1.165, 1.54) is 13.0 Å². The van der Waals surface area contributed by atoms with E-state index in [9.17, 15) is 13.6 Å². The minimum atomic E-state index is -0.884. The Balaban J connectivity index is 2.08. The Kier molecular flexibility index (Phi) is 4.52. The molecule has 0 aliphatic carbocycles. The Morgan fingerprint density at radius 1 is 1.10 bits per heavy atom. The number of halogens is 2. The third-order valence-electron chi connectivity index (χ3n) is 2.98. The maximum absolute atomic E-state index is 13.5. The van der Waals surface area contributed by atoms with Crippen LogP contribution in [-0.4, -0.2) is 12.0 Å². The molecule has 2 rings (SSSR count). The van der Waals surface area contributed by atoms with Crippen LogP contribution in [0.4, 0.5) is 14.5 Å². The molecule has 110 valence electrons. The predicted octanol–water partition coefficient (Wildman–Crippen LogP) is 3.68. The zero-order valence-electron chi connectivity index (χ0n) is 11.7. The molecule has 0 fully saturated rings. The Bertz CT molecular complexity index is 638. The van der Waals surface area contributed by atoms with Crippen LogP contribution in [-0.2, 0) is 4.79 Å². The van der Waals surface area contributed by atoms with E-state index in [0.29, 0.717) is 5.75 Å². The lowest BCUT2D eigenvalue weighted by molar-refractivity contribution is -0.122. The van der Waals surface area contributed by atoms with Gasteiger partial charge in [-0.05, 0) is 37.6 Å². The van der Waals surface area contributed by atoms with Gasteiger partial charge in [-0.25, -0.2) is 8.78 Å². The summed E-state index contributed by atoms with van der Waals surface area (Å²) >= 11 is 0. The number of ether oxygens (including phenoxy) is 1. The third kappa shape index (κ3) is 3.56. The van der Waals surface area contributed by atoms with Crippen molar-refractivity contribution in [2.45, 2.75) is 20.0 Å². The number of hydrogen-bond acceptors (Lipinski definition) is 2. The summed E-state index contributed by atoms with van der Waals surface area (Å²) in [6.45, 7) is 3.36. The lowest BCUT2D eigenvalue weighted by Crippen LogP contribution is -2.31. The quantitative estimate of drug-likeness (QED) is 0.933. The van der Waals surface area contributed by atoms with Crippen LogP contribution in [0.1, 0.15) is 12.5 Å². The first-order valence-corrected chi connectivity index (χ1v) is 6.46. The molecular weight excluding hydrogens is 276 g/mol. The second-order valence-corrected chi connectivity index (χ2v) is 4.61. The van der Waals surface area contributed by atoms with Crippen molar-refractivity contribution in [3.63, 3.8) is 0 Å². The van der Waals surface area contributed by atoms with E-state index in [2.05, 4.69) is 5.32 Å². The van der Waals surface area contributed by atoms with E-state index >= 15 is 0 Å². The van der Waals surface area contributed by atoms with Crippen molar-refractivity contribution in [1.82, 2.24) is 0 Å². The van der Waals surface area contributed by atoms with Crippen LogP contribution < -0.4 is 10.1 Å². The molecule has 5 heteroatoms. The Hall–Kier alpha value is -2.43. The zero-order valence-corrected chi connectivity index (χ0v) is 11.7. The van der Waals surface area contributed by atoms with Crippen molar-refractivity contribution in [2.75, 3.05) is 5.32 Å². The van der Waals surface area contributed by atoms with Crippen molar-refractivity contribution in [3.05, 3.63) is 59.7 Å². The fraction of sp³-hybridized carbons (Fsp3) is 0.188. The Morgan fingerprint density at radius 2 is 1.71 bits per heavy atom. The van der Waals surface area contributed by atoms with Crippen LogP contribution in [0.2, 0.25) is 0 Å². The lowest BCUT2D eigenvalue weighted by atomic mass is 10.2. The van der Waals surface area contributed by atoms with E-state index in [1.54, 1.807) is 12.1 Å². The lowest BCUT2D eigenvalue weighted by Gasteiger charge is -2.16. The normalized spacial score (nSPS) is 11.8. The van der Waals surface area contributed by atoms with E-state index in [4.69, 9.17) is 4.74 Å². The number of nitrogens with one attached hydrogen (secondary N) is 1. The number of hydrogen-bond donors (Lipinski definition) is 1. The summed E-state index contributed by atoms with van der Waals surface area (Å²) < 4.78 is 32.4. The largest absolute Gasteiger partial charge is 0.481 e. The van der Waals surface area contributed by atoms with E-state index in [-0.39, 0.29) is 0 Å². The van der Waals surface area contributed by atoms with Gasteiger partial charge >= 0.3 is 0 Å². The number of amides is 1. The van der Waals surface area contributed by atoms with Gasteiger partial charge in [0.2, 0.25) is 0 Å². The molecule has 0 unspecified atom stereocenters. The topological polar surface area (TPSA) is 38.3 Å². The highest BCUT2D eigenvalue weighted by Crippen LogP contribution is 2.20. The van der Waals surface area contributed by atoms with Gasteiger partial charge in [-0.1, -0.05) is 24.3 Å². The molecule has 0 aromatic heterocycles. The Labute approximate surface area is 121 Å². The molecule has 0 aliphatic rings. The van der Waals surface area contributed by atoms with E-state index in [0.717, 1.165) is 17.7 Å². The van der Waals surface area contributed by atoms with Crippen molar-refractivity contribution in [3.8, 4) is 5.75 Å². The molecule has 21 heavy (non-hydrogen) atoms. The zero-order chi connectivity index (χ0) is 15.4. The summed E-state index contributed by atoms with van der Waals surface area (Å²) in [5, 5.41) is 2.20. The minimum Gasteiger partial charge on any atom is -0.481 e. The van der Waals surface area contributed by atoms with Gasteiger partial charge in [-0.2, -0.15) is 0 Å². The molecule has 0 aliphatic heterocycles. The molecule has 2 aromatic carbocycles. The summed E-state index contributed by atoms with van der Waals surface area (Å²) in [5.41, 5.74) is 0.400. The SMILES string of the molecule is Cc1ccccc1O[C@@H](C)C(=O)Nc1c(F)cccc1F. The van der Waals surface area contributed by atoms with Crippen LogP contribution >= 0.6 is 0 Å². The van der Waals surface area contributed by atoms with Crippen molar-refractivity contribution in [1.29, 1.82) is 0 Å². The standard InChI is InChI=1S/C16H15F2NO2/c1-10-6-3-4-9-14(10)21-11(2)16(20)19-15-12(17)7-5-8-13(15)18/h3-9,11H,1-2H3,(H,19,20)/t11-/m0/s1. The van der Waals surface area contributed by atoms with Crippen LogP contribution in [0.5, 0.6) is 5.75 Å². The molecule has 0 saturated heterocycles. The first-order chi connectivity index (χ1) is 9.99. The molecule has 0 bridgehead atoms. The molecular formula is C16H15F2NO2. The average molecular weight is 291 g/mol. The molecule has 0 spiro atoms.